The number of rotatable bonds is 3. The molecule has 0 saturated carbocycles. The molecule has 17 heavy (non-hydrogen) atoms. The molecule has 1 aliphatic rings. The van der Waals surface area contributed by atoms with Gasteiger partial charge >= 0.3 is 5.97 Å². The van der Waals surface area contributed by atoms with Crippen LogP contribution in [0.15, 0.2) is 15.2 Å². The van der Waals surface area contributed by atoms with Crippen LogP contribution in [0.3, 0.4) is 0 Å². The summed E-state index contributed by atoms with van der Waals surface area (Å²) in [6.07, 6.45) is -0.448. The molecule has 1 unspecified atom stereocenters. The van der Waals surface area contributed by atoms with Gasteiger partial charge in [0.15, 0.2) is 6.10 Å². The quantitative estimate of drug-likeness (QED) is 0.797. The molecular weight excluding hydrogens is 306 g/mol. The van der Waals surface area contributed by atoms with Gasteiger partial charge in [0, 0.05) is 19.6 Å². The van der Waals surface area contributed by atoms with Gasteiger partial charge in [-0.3, -0.25) is 4.90 Å². The van der Waals surface area contributed by atoms with E-state index in [1.807, 2.05) is 0 Å². The first kappa shape index (κ1) is 13.0. The normalized spacial score (nSPS) is 21.4. The van der Waals surface area contributed by atoms with Gasteiger partial charge in [-0.1, -0.05) is 0 Å². The molecule has 1 saturated heterocycles. The minimum atomic E-state index is -0.448. The Kier molecular flexibility index (Phi) is 4.55. The average molecular weight is 320 g/mol. The largest absolute Gasteiger partial charge is 0.467 e. The molecule has 0 aromatic carbocycles. The number of hydrogen-bond donors (Lipinski definition) is 0. The standard InChI is InChI=1S/C11H14BrNO3S/c1-15-11(14)9-6-13(2-3-16-9)5-8-4-10(12)17-7-8/h4,7,9H,2-3,5-6H2,1H3. The van der Waals surface area contributed by atoms with Gasteiger partial charge in [-0.25, -0.2) is 4.79 Å². The van der Waals surface area contributed by atoms with E-state index in [4.69, 9.17) is 9.47 Å². The Morgan fingerprint density at radius 2 is 2.59 bits per heavy atom. The van der Waals surface area contributed by atoms with E-state index in [0.29, 0.717) is 13.2 Å². The van der Waals surface area contributed by atoms with E-state index in [-0.39, 0.29) is 5.97 Å². The van der Waals surface area contributed by atoms with E-state index >= 15 is 0 Å². The van der Waals surface area contributed by atoms with Crippen LogP contribution in [-0.2, 0) is 20.8 Å². The summed E-state index contributed by atoms with van der Waals surface area (Å²) in [5.74, 6) is -0.291. The van der Waals surface area contributed by atoms with E-state index in [0.717, 1.165) is 16.9 Å². The van der Waals surface area contributed by atoms with Crippen molar-refractivity contribution in [3.05, 3.63) is 20.8 Å². The van der Waals surface area contributed by atoms with Crippen LogP contribution in [-0.4, -0.2) is 43.8 Å². The molecule has 0 bridgehead atoms. The molecule has 1 aliphatic heterocycles. The maximum absolute atomic E-state index is 11.4. The zero-order valence-corrected chi connectivity index (χ0v) is 11.9. The number of methoxy groups -OCH3 is 1. The molecule has 0 N–H and O–H groups in total. The van der Waals surface area contributed by atoms with Gasteiger partial charge in [0.2, 0.25) is 0 Å². The lowest BCUT2D eigenvalue weighted by Gasteiger charge is -2.31. The smallest absolute Gasteiger partial charge is 0.336 e. The Balaban J connectivity index is 1.91. The van der Waals surface area contributed by atoms with E-state index < -0.39 is 6.10 Å². The van der Waals surface area contributed by atoms with Crippen LogP contribution in [0.2, 0.25) is 0 Å². The van der Waals surface area contributed by atoms with E-state index in [1.165, 1.54) is 12.7 Å². The number of ether oxygens (including phenoxy) is 2. The molecule has 1 aromatic rings. The highest BCUT2D eigenvalue weighted by atomic mass is 79.9. The number of carbonyl (C=O) groups is 1. The summed E-state index contributed by atoms with van der Waals surface area (Å²) in [6, 6.07) is 2.10. The molecule has 1 atom stereocenters. The fourth-order valence-corrected chi connectivity index (χ4v) is 3.01. The number of thiophene rings is 1. The number of morpholine rings is 1. The highest BCUT2D eigenvalue weighted by Gasteiger charge is 2.27. The molecule has 4 nitrogen and oxygen atoms in total. The Bertz CT molecular complexity index is 396. The molecule has 6 heteroatoms. The van der Waals surface area contributed by atoms with E-state index in [2.05, 4.69) is 32.3 Å². The SMILES string of the molecule is COC(=O)C1CN(Cc2csc(Br)c2)CCO1. The summed E-state index contributed by atoms with van der Waals surface area (Å²) in [5.41, 5.74) is 1.26. The van der Waals surface area contributed by atoms with Crippen LogP contribution >= 0.6 is 27.3 Å². The number of hydrogen-bond acceptors (Lipinski definition) is 5. The molecule has 0 aliphatic carbocycles. The molecule has 0 spiro atoms. The van der Waals surface area contributed by atoms with Crippen LogP contribution in [0.25, 0.3) is 0 Å². The molecule has 94 valence electrons. The van der Waals surface area contributed by atoms with Crippen LogP contribution in [0.1, 0.15) is 5.56 Å². The monoisotopic (exact) mass is 319 g/mol. The lowest BCUT2D eigenvalue weighted by molar-refractivity contribution is -0.160. The minimum Gasteiger partial charge on any atom is -0.467 e. The third kappa shape index (κ3) is 3.51. The Morgan fingerprint density at radius 1 is 1.76 bits per heavy atom. The first-order valence-electron chi connectivity index (χ1n) is 5.33. The van der Waals surface area contributed by atoms with Crippen molar-refractivity contribution in [2.24, 2.45) is 0 Å². The number of nitrogens with zero attached hydrogens (tertiary/aromatic N) is 1. The lowest BCUT2D eigenvalue weighted by Crippen LogP contribution is -2.45. The summed E-state index contributed by atoms with van der Waals surface area (Å²) in [7, 11) is 1.39. The van der Waals surface area contributed by atoms with Crippen molar-refractivity contribution >= 4 is 33.2 Å². The fourth-order valence-electron chi connectivity index (χ4n) is 1.81. The maximum Gasteiger partial charge on any atom is 0.336 e. The van der Waals surface area contributed by atoms with Crippen molar-refractivity contribution in [3.8, 4) is 0 Å². The summed E-state index contributed by atoms with van der Waals surface area (Å²) >= 11 is 5.12. The van der Waals surface area contributed by atoms with Crippen LogP contribution in [0.4, 0.5) is 0 Å². The molecule has 1 fully saturated rings. The second-order valence-electron chi connectivity index (χ2n) is 3.88. The highest BCUT2D eigenvalue weighted by Crippen LogP contribution is 2.22. The average Bonchev–Trinajstić information content (AvgIpc) is 2.74. The van der Waals surface area contributed by atoms with Gasteiger partial charge in [-0.05, 0) is 32.9 Å². The predicted molar refractivity (Wildman–Crippen MR) is 69.1 cm³/mol. The van der Waals surface area contributed by atoms with Gasteiger partial charge in [-0.2, -0.15) is 0 Å². The first-order valence-corrected chi connectivity index (χ1v) is 7.01. The van der Waals surface area contributed by atoms with Gasteiger partial charge in [0.05, 0.1) is 17.5 Å². The van der Waals surface area contributed by atoms with E-state index in [1.54, 1.807) is 11.3 Å². The molecule has 1 aromatic heterocycles. The summed E-state index contributed by atoms with van der Waals surface area (Å²) < 4.78 is 11.2. The van der Waals surface area contributed by atoms with Crippen LogP contribution in [0, 0.1) is 0 Å². The second-order valence-corrected chi connectivity index (χ2v) is 6.17. The van der Waals surface area contributed by atoms with Crippen molar-refractivity contribution in [2.45, 2.75) is 12.6 Å². The maximum atomic E-state index is 11.4. The fraction of sp³-hybridized carbons (Fsp3) is 0.545. The minimum absolute atomic E-state index is 0.291. The van der Waals surface area contributed by atoms with Gasteiger partial charge in [0.25, 0.3) is 0 Å². The number of carbonyl (C=O) groups excluding carboxylic acids is 1. The molecule has 0 amide bonds. The van der Waals surface area contributed by atoms with Gasteiger partial charge < -0.3 is 9.47 Å². The Labute approximate surface area is 113 Å². The second kappa shape index (κ2) is 5.95. The zero-order valence-electron chi connectivity index (χ0n) is 9.52. The third-order valence-corrected chi connectivity index (χ3v) is 4.20. The van der Waals surface area contributed by atoms with Crippen molar-refractivity contribution < 1.29 is 14.3 Å². The van der Waals surface area contributed by atoms with Crippen molar-refractivity contribution in [2.75, 3.05) is 26.8 Å². The van der Waals surface area contributed by atoms with Crippen LogP contribution < -0.4 is 0 Å². The molecule has 2 rings (SSSR count). The Morgan fingerprint density at radius 3 is 3.24 bits per heavy atom. The number of esters is 1. The topological polar surface area (TPSA) is 38.8 Å². The first-order chi connectivity index (χ1) is 8.19. The van der Waals surface area contributed by atoms with Crippen molar-refractivity contribution in [3.63, 3.8) is 0 Å². The zero-order chi connectivity index (χ0) is 12.3. The molecule has 0 radical (unpaired) electrons. The molecular formula is C11H14BrNO3S. The van der Waals surface area contributed by atoms with Crippen molar-refractivity contribution in [1.82, 2.24) is 4.90 Å². The predicted octanol–water partition coefficient (Wildman–Crippen LogP) is 1.88. The summed E-state index contributed by atoms with van der Waals surface area (Å²) in [5, 5.41) is 2.12. The van der Waals surface area contributed by atoms with Crippen LogP contribution in [0.5, 0.6) is 0 Å². The summed E-state index contributed by atoms with van der Waals surface area (Å²) in [4.78, 5) is 13.6. The van der Waals surface area contributed by atoms with Gasteiger partial charge in [0.1, 0.15) is 0 Å². The highest BCUT2D eigenvalue weighted by molar-refractivity contribution is 9.11. The van der Waals surface area contributed by atoms with E-state index in [9.17, 15) is 4.79 Å². The number of halogens is 1. The van der Waals surface area contributed by atoms with Gasteiger partial charge in [-0.15, -0.1) is 11.3 Å². The lowest BCUT2D eigenvalue weighted by atomic mass is 10.2. The van der Waals surface area contributed by atoms with Crippen molar-refractivity contribution in [1.29, 1.82) is 0 Å². The summed E-state index contributed by atoms with van der Waals surface area (Å²) in [6.45, 7) is 2.87. The molecule has 2 heterocycles. The third-order valence-electron chi connectivity index (χ3n) is 2.64. The Hall–Kier alpha value is -0.430.